The van der Waals surface area contributed by atoms with E-state index in [1.54, 1.807) is 65.8 Å². The van der Waals surface area contributed by atoms with Crippen molar-refractivity contribution in [3.05, 3.63) is 48.0 Å². The van der Waals surface area contributed by atoms with E-state index < -0.39 is 29.4 Å². The summed E-state index contributed by atoms with van der Waals surface area (Å²) in [5.41, 5.74) is -0.0346. The van der Waals surface area contributed by atoms with Gasteiger partial charge in [-0.2, -0.15) is 0 Å². The van der Waals surface area contributed by atoms with Crippen molar-refractivity contribution in [1.82, 2.24) is 15.2 Å². The lowest BCUT2D eigenvalue weighted by Crippen LogP contribution is -2.29. The number of ether oxygens (including phenoxy) is 2. The van der Waals surface area contributed by atoms with E-state index in [9.17, 15) is 14.4 Å². The first-order chi connectivity index (χ1) is 15.8. The average molecular weight is 469 g/mol. The van der Waals surface area contributed by atoms with Gasteiger partial charge in [-0.05, 0) is 77.1 Å². The molecule has 2 N–H and O–H groups in total. The van der Waals surface area contributed by atoms with E-state index in [4.69, 9.17) is 14.3 Å². The lowest BCUT2D eigenvalue weighted by molar-refractivity contribution is 0.0408. The second-order valence-electron chi connectivity index (χ2n) is 9.34. The van der Waals surface area contributed by atoms with Crippen LogP contribution in [0.4, 0.5) is 21.0 Å². The maximum atomic E-state index is 12.8. The minimum Gasteiger partial charge on any atom is -0.444 e. The number of nitrogens with one attached hydrogen (secondary N) is 2. The first kappa shape index (κ1) is 24.5. The molecule has 0 spiro atoms. The number of anilines is 2. The van der Waals surface area contributed by atoms with Crippen molar-refractivity contribution in [3.63, 3.8) is 0 Å². The fraction of sp³-hybridized carbons (Fsp3) is 0.348. The molecule has 34 heavy (non-hydrogen) atoms. The zero-order chi connectivity index (χ0) is 25.1. The molecule has 0 fully saturated rings. The number of hydrogen-bond donors (Lipinski definition) is 2. The lowest BCUT2D eigenvalue weighted by Gasteiger charge is -2.22. The second-order valence-corrected chi connectivity index (χ2v) is 9.34. The number of rotatable bonds is 4. The summed E-state index contributed by atoms with van der Waals surface area (Å²) >= 11 is 0. The Balaban J connectivity index is 1.86. The van der Waals surface area contributed by atoms with Crippen LogP contribution < -0.4 is 15.5 Å². The first-order valence-corrected chi connectivity index (χ1v) is 10.5. The Morgan fingerprint density at radius 1 is 0.824 bits per heavy atom. The van der Waals surface area contributed by atoms with Crippen molar-refractivity contribution < 1.29 is 28.7 Å². The molecule has 3 aromatic rings. The summed E-state index contributed by atoms with van der Waals surface area (Å²) in [4.78, 5) is 43.7. The molecule has 0 atom stereocenters. The SMILES string of the molecule is CC(C)(C)OC(=O)Nc1ccc(C(=O)On2nnc3ccccc32)cc1NC(=O)OC(C)(C)C. The number of fused-ring (bicyclic) bond motifs is 1. The number of para-hydroxylation sites is 1. The van der Waals surface area contributed by atoms with Crippen molar-refractivity contribution in [2.45, 2.75) is 52.7 Å². The largest absolute Gasteiger partial charge is 0.444 e. The average Bonchev–Trinajstić information content (AvgIpc) is 3.09. The number of amides is 2. The highest BCUT2D eigenvalue weighted by Gasteiger charge is 2.22. The number of benzene rings is 2. The van der Waals surface area contributed by atoms with Gasteiger partial charge in [-0.1, -0.05) is 17.0 Å². The van der Waals surface area contributed by atoms with Crippen LogP contribution in [0.5, 0.6) is 0 Å². The first-order valence-electron chi connectivity index (χ1n) is 10.5. The number of carbonyl (C=O) groups is 3. The van der Waals surface area contributed by atoms with Crippen LogP contribution in [0.1, 0.15) is 51.9 Å². The highest BCUT2D eigenvalue weighted by molar-refractivity contribution is 5.99. The van der Waals surface area contributed by atoms with Crippen molar-refractivity contribution in [2.24, 2.45) is 0 Å². The van der Waals surface area contributed by atoms with Crippen LogP contribution in [-0.2, 0) is 9.47 Å². The van der Waals surface area contributed by atoms with Gasteiger partial charge < -0.3 is 14.3 Å². The van der Waals surface area contributed by atoms with Gasteiger partial charge in [0, 0.05) is 0 Å². The molecule has 0 unspecified atom stereocenters. The van der Waals surface area contributed by atoms with Crippen LogP contribution in [0.2, 0.25) is 0 Å². The molecule has 2 amide bonds. The van der Waals surface area contributed by atoms with Gasteiger partial charge in [-0.25, -0.2) is 14.4 Å². The summed E-state index contributed by atoms with van der Waals surface area (Å²) in [5, 5.41) is 12.9. The van der Waals surface area contributed by atoms with Gasteiger partial charge in [0.15, 0.2) is 0 Å². The molecule has 0 aliphatic heterocycles. The number of nitrogens with zero attached hydrogens (tertiary/aromatic N) is 3. The molecule has 0 aliphatic carbocycles. The van der Waals surface area contributed by atoms with E-state index in [-0.39, 0.29) is 16.9 Å². The minimum absolute atomic E-state index is 0.0837. The van der Waals surface area contributed by atoms with Crippen molar-refractivity contribution in [2.75, 3.05) is 10.6 Å². The standard InChI is InChI=1S/C23H27N5O6/c1-22(2,3)32-20(30)24-15-12-11-14(13-17(15)25-21(31)33-23(4,5)6)19(29)34-28-18-10-8-7-9-16(18)26-27-28/h7-13H,1-6H3,(H,24,30)(H,25,31). The zero-order valence-corrected chi connectivity index (χ0v) is 19.8. The predicted molar refractivity (Wildman–Crippen MR) is 125 cm³/mol. The van der Waals surface area contributed by atoms with Crippen molar-refractivity contribution in [3.8, 4) is 0 Å². The lowest BCUT2D eigenvalue weighted by atomic mass is 10.1. The van der Waals surface area contributed by atoms with Gasteiger partial charge in [0.2, 0.25) is 0 Å². The number of carbonyl (C=O) groups excluding carboxylic acids is 3. The summed E-state index contributed by atoms with van der Waals surface area (Å²) in [5.74, 6) is -0.758. The molecule has 1 heterocycles. The zero-order valence-electron chi connectivity index (χ0n) is 19.8. The summed E-state index contributed by atoms with van der Waals surface area (Å²) in [6.45, 7) is 10.3. The van der Waals surface area contributed by atoms with E-state index in [0.29, 0.717) is 11.0 Å². The van der Waals surface area contributed by atoms with Crippen LogP contribution in [0.25, 0.3) is 11.0 Å². The molecule has 0 bridgehead atoms. The third-order valence-corrected chi connectivity index (χ3v) is 4.02. The fourth-order valence-electron chi connectivity index (χ4n) is 2.76. The van der Waals surface area contributed by atoms with E-state index in [2.05, 4.69) is 20.9 Å². The summed E-state index contributed by atoms with van der Waals surface area (Å²) < 4.78 is 10.6. The van der Waals surface area contributed by atoms with E-state index >= 15 is 0 Å². The van der Waals surface area contributed by atoms with Crippen LogP contribution >= 0.6 is 0 Å². The van der Waals surface area contributed by atoms with Crippen LogP contribution in [-0.4, -0.2) is 44.5 Å². The maximum absolute atomic E-state index is 12.8. The van der Waals surface area contributed by atoms with E-state index in [1.165, 1.54) is 18.2 Å². The quantitative estimate of drug-likeness (QED) is 0.537. The molecule has 3 rings (SSSR count). The maximum Gasteiger partial charge on any atom is 0.412 e. The summed E-state index contributed by atoms with van der Waals surface area (Å²) in [6, 6.07) is 11.2. The Labute approximate surface area is 196 Å². The highest BCUT2D eigenvalue weighted by atomic mass is 16.7. The van der Waals surface area contributed by atoms with Crippen molar-refractivity contribution >= 4 is 40.6 Å². The topological polar surface area (TPSA) is 134 Å². The molecule has 0 saturated carbocycles. The van der Waals surface area contributed by atoms with Gasteiger partial charge in [0.25, 0.3) is 0 Å². The summed E-state index contributed by atoms with van der Waals surface area (Å²) in [6.07, 6.45) is -1.50. The smallest absolute Gasteiger partial charge is 0.412 e. The van der Waals surface area contributed by atoms with E-state index in [1.807, 2.05) is 0 Å². The fourth-order valence-corrected chi connectivity index (χ4v) is 2.76. The third kappa shape index (κ3) is 6.67. The molecular formula is C23H27N5O6. The molecule has 0 radical (unpaired) electrons. The predicted octanol–water partition coefficient (Wildman–Crippen LogP) is 4.39. The van der Waals surface area contributed by atoms with Crippen LogP contribution in [0.3, 0.4) is 0 Å². The Bertz CT molecular complexity index is 1220. The molecule has 0 saturated heterocycles. The molecule has 2 aromatic carbocycles. The summed E-state index contributed by atoms with van der Waals surface area (Å²) in [7, 11) is 0. The normalized spacial score (nSPS) is 11.6. The van der Waals surface area contributed by atoms with Crippen LogP contribution in [0.15, 0.2) is 42.5 Å². The highest BCUT2D eigenvalue weighted by Crippen LogP contribution is 2.25. The molecule has 11 heteroatoms. The van der Waals surface area contributed by atoms with Gasteiger partial charge in [-0.3, -0.25) is 10.6 Å². The van der Waals surface area contributed by atoms with Gasteiger partial charge in [0.1, 0.15) is 22.2 Å². The van der Waals surface area contributed by atoms with Gasteiger partial charge in [-0.15, -0.1) is 5.10 Å². The Hall–Kier alpha value is -4.15. The molecule has 0 aliphatic rings. The number of aromatic nitrogens is 3. The monoisotopic (exact) mass is 469 g/mol. The molecular weight excluding hydrogens is 442 g/mol. The third-order valence-electron chi connectivity index (χ3n) is 4.02. The molecule has 11 nitrogen and oxygen atoms in total. The van der Waals surface area contributed by atoms with Crippen LogP contribution in [0, 0.1) is 0 Å². The Morgan fingerprint density at radius 2 is 1.41 bits per heavy atom. The van der Waals surface area contributed by atoms with Crippen molar-refractivity contribution in [1.29, 1.82) is 0 Å². The van der Waals surface area contributed by atoms with Gasteiger partial charge >= 0.3 is 18.2 Å². The molecule has 180 valence electrons. The minimum atomic E-state index is -0.771. The number of hydrogen-bond acceptors (Lipinski definition) is 8. The Kier molecular flexibility index (Phi) is 6.75. The molecule has 1 aromatic heterocycles. The second kappa shape index (κ2) is 9.38. The van der Waals surface area contributed by atoms with Gasteiger partial charge in [0.05, 0.1) is 16.9 Å². The Morgan fingerprint density at radius 3 is 2.03 bits per heavy atom. The van der Waals surface area contributed by atoms with E-state index in [0.717, 1.165) is 4.85 Å².